The summed E-state index contributed by atoms with van der Waals surface area (Å²) in [6.07, 6.45) is -0.430. The topological polar surface area (TPSA) is 104 Å². The number of carbonyl (C=O) groups excluding carboxylic acids is 2. The molecule has 0 aliphatic heterocycles. The van der Waals surface area contributed by atoms with E-state index < -0.39 is 18.2 Å². The van der Waals surface area contributed by atoms with E-state index in [1.54, 1.807) is 24.3 Å². The zero-order valence-electron chi connectivity index (χ0n) is 7.86. The van der Waals surface area contributed by atoms with Gasteiger partial charge in [0.2, 0.25) is 5.91 Å². The second-order valence-corrected chi connectivity index (χ2v) is 2.88. The lowest BCUT2D eigenvalue weighted by molar-refractivity contribution is -0.132. The molecule has 1 aromatic carbocycles. The number of hydroxylamine groups is 1. The summed E-state index contributed by atoms with van der Waals surface area (Å²) in [5.41, 5.74) is 7.95. The molecule has 0 heterocycles. The van der Waals surface area contributed by atoms with Crippen LogP contribution in [-0.4, -0.2) is 17.0 Å². The average molecular weight is 209 g/mol. The third kappa shape index (κ3) is 3.65. The zero-order chi connectivity index (χ0) is 11.3. The van der Waals surface area contributed by atoms with E-state index in [1.165, 1.54) is 5.48 Å². The van der Waals surface area contributed by atoms with Crippen LogP contribution in [0.25, 0.3) is 0 Å². The number of hydrogen-bond donors (Lipinski definition) is 4. The lowest BCUT2D eigenvalue weighted by Gasteiger charge is -2.04. The van der Waals surface area contributed by atoms with Crippen molar-refractivity contribution >= 4 is 23.2 Å². The van der Waals surface area contributed by atoms with Crippen LogP contribution >= 0.6 is 0 Å². The summed E-state index contributed by atoms with van der Waals surface area (Å²) in [7, 11) is 0. The Hall–Kier alpha value is -2.08. The van der Waals surface area contributed by atoms with Crippen LogP contribution < -0.4 is 16.5 Å². The summed E-state index contributed by atoms with van der Waals surface area (Å²) >= 11 is 0. The van der Waals surface area contributed by atoms with Gasteiger partial charge in [0.25, 0.3) is 5.91 Å². The van der Waals surface area contributed by atoms with Crippen LogP contribution in [0.2, 0.25) is 0 Å². The zero-order valence-corrected chi connectivity index (χ0v) is 7.86. The molecule has 1 rings (SSSR count). The van der Waals surface area contributed by atoms with Crippen LogP contribution in [0.15, 0.2) is 24.3 Å². The number of amides is 2. The van der Waals surface area contributed by atoms with Crippen LogP contribution in [-0.2, 0) is 9.59 Å². The Morgan fingerprint density at radius 3 is 2.33 bits per heavy atom. The van der Waals surface area contributed by atoms with Crippen molar-refractivity contribution in [2.45, 2.75) is 6.42 Å². The Balaban J connectivity index is 2.51. The second kappa shape index (κ2) is 4.97. The maximum absolute atomic E-state index is 11.2. The smallest absolute Gasteiger partial charge is 0.252 e. The van der Waals surface area contributed by atoms with Gasteiger partial charge in [0.15, 0.2) is 0 Å². The molecule has 0 aliphatic rings. The Morgan fingerprint density at radius 2 is 1.80 bits per heavy atom. The largest absolute Gasteiger partial charge is 0.399 e. The van der Waals surface area contributed by atoms with Gasteiger partial charge >= 0.3 is 0 Å². The van der Waals surface area contributed by atoms with Gasteiger partial charge in [-0.15, -0.1) is 0 Å². The van der Waals surface area contributed by atoms with E-state index in [9.17, 15) is 9.59 Å². The van der Waals surface area contributed by atoms with E-state index in [2.05, 4.69) is 5.32 Å². The Bertz CT molecular complexity index is 361. The van der Waals surface area contributed by atoms with Gasteiger partial charge < -0.3 is 11.1 Å². The third-order valence-corrected chi connectivity index (χ3v) is 1.64. The fourth-order valence-electron chi connectivity index (χ4n) is 0.957. The highest BCUT2D eigenvalue weighted by Gasteiger charge is 2.07. The van der Waals surface area contributed by atoms with E-state index >= 15 is 0 Å². The monoisotopic (exact) mass is 209 g/mol. The molecule has 1 aromatic rings. The molecule has 0 radical (unpaired) electrons. The summed E-state index contributed by atoms with van der Waals surface area (Å²) in [5.74, 6) is -1.27. The van der Waals surface area contributed by atoms with Crippen LogP contribution in [0.3, 0.4) is 0 Å². The number of benzene rings is 1. The molecule has 5 N–H and O–H groups in total. The predicted molar refractivity (Wildman–Crippen MR) is 54.0 cm³/mol. The highest BCUT2D eigenvalue weighted by atomic mass is 16.5. The second-order valence-electron chi connectivity index (χ2n) is 2.88. The van der Waals surface area contributed by atoms with Gasteiger partial charge in [-0.05, 0) is 24.3 Å². The molecule has 0 atom stereocenters. The van der Waals surface area contributed by atoms with Gasteiger partial charge in [-0.1, -0.05) is 0 Å². The highest BCUT2D eigenvalue weighted by molar-refractivity contribution is 6.03. The minimum absolute atomic E-state index is 0.430. The van der Waals surface area contributed by atoms with E-state index in [0.29, 0.717) is 11.4 Å². The van der Waals surface area contributed by atoms with Crippen LogP contribution in [0.5, 0.6) is 0 Å². The predicted octanol–water partition coefficient (Wildman–Crippen LogP) is 0.103. The Morgan fingerprint density at radius 1 is 1.20 bits per heavy atom. The minimum atomic E-state index is -0.761. The molecule has 6 nitrogen and oxygen atoms in total. The molecule has 0 fully saturated rings. The minimum Gasteiger partial charge on any atom is -0.399 e. The third-order valence-electron chi connectivity index (χ3n) is 1.64. The number of anilines is 2. The van der Waals surface area contributed by atoms with E-state index in [1.807, 2.05) is 0 Å². The summed E-state index contributed by atoms with van der Waals surface area (Å²) in [5, 5.41) is 10.7. The lowest BCUT2D eigenvalue weighted by Crippen LogP contribution is -2.25. The number of carbonyl (C=O) groups is 2. The van der Waals surface area contributed by atoms with Crippen molar-refractivity contribution in [2.24, 2.45) is 0 Å². The number of nitrogens with one attached hydrogen (secondary N) is 2. The molecule has 0 aliphatic carbocycles. The molecule has 0 bridgehead atoms. The Labute approximate surface area is 86.0 Å². The normalized spacial score (nSPS) is 9.40. The number of hydrogen-bond acceptors (Lipinski definition) is 4. The molecule has 6 heteroatoms. The highest BCUT2D eigenvalue weighted by Crippen LogP contribution is 2.10. The molecule has 0 saturated carbocycles. The van der Waals surface area contributed by atoms with E-state index in [-0.39, 0.29) is 0 Å². The maximum atomic E-state index is 11.2. The molecule has 15 heavy (non-hydrogen) atoms. The van der Waals surface area contributed by atoms with E-state index in [0.717, 1.165) is 0 Å². The first-order chi connectivity index (χ1) is 7.11. The molecule has 80 valence electrons. The van der Waals surface area contributed by atoms with Crippen LogP contribution in [0.4, 0.5) is 11.4 Å². The fourth-order valence-corrected chi connectivity index (χ4v) is 0.957. The molecular formula is C9H11N3O3. The molecule has 0 spiro atoms. The number of rotatable bonds is 3. The summed E-state index contributed by atoms with van der Waals surface area (Å²) in [6.45, 7) is 0. The first-order valence-corrected chi connectivity index (χ1v) is 4.20. The van der Waals surface area contributed by atoms with Gasteiger partial charge in [-0.3, -0.25) is 14.8 Å². The molecule has 0 aromatic heterocycles. The Kier molecular flexibility index (Phi) is 3.64. The van der Waals surface area contributed by atoms with Gasteiger partial charge in [-0.2, -0.15) is 0 Å². The quantitative estimate of drug-likeness (QED) is 0.245. The first-order valence-electron chi connectivity index (χ1n) is 4.20. The van der Waals surface area contributed by atoms with Gasteiger partial charge in [-0.25, -0.2) is 5.48 Å². The summed E-state index contributed by atoms with van der Waals surface area (Å²) in [6, 6.07) is 6.48. The SMILES string of the molecule is Nc1ccc(NC(=O)CC(=O)NO)cc1. The lowest BCUT2D eigenvalue weighted by atomic mass is 10.3. The molecule has 2 amide bonds. The summed E-state index contributed by atoms with van der Waals surface area (Å²) < 4.78 is 0. The fraction of sp³-hybridized carbons (Fsp3) is 0.111. The van der Waals surface area contributed by atoms with Crippen molar-refractivity contribution in [3.8, 4) is 0 Å². The van der Waals surface area contributed by atoms with Gasteiger partial charge in [0.1, 0.15) is 6.42 Å². The van der Waals surface area contributed by atoms with Crippen molar-refractivity contribution in [1.29, 1.82) is 0 Å². The van der Waals surface area contributed by atoms with Gasteiger partial charge in [0.05, 0.1) is 0 Å². The van der Waals surface area contributed by atoms with Crippen molar-refractivity contribution in [2.75, 3.05) is 11.1 Å². The standard InChI is InChI=1S/C9H11N3O3/c10-6-1-3-7(4-2-6)11-8(13)5-9(14)12-15/h1-4,15H,5,10H2,(H,11,13)(H,12,14). The molecule has 0 unspecified atom stereocenters. The van der Waals surface area contributed by atoms with Crippen molar-refractivity contribution in [3.63, 3.8) is 0 Å². The van der Waals surface area contributed by atoms with E-state index in [4.69, 9.17) is 10.9 Å². The number of nitrogens with two attached hydrogens (primary N) is 1. The van der Waals surface area contributed by atoms with Crippen LogP contribution in [0, 0.1) is 0 Å². The van der Waals surface area contributed by atoms with Gasteiger partial charge in [0, 0.05) is 11.4 Å². The van der Waals surface area contributed by atoms with Crippen molar-refractivity contribution in [3.05, 3.63) is 24.3 Å². The van der Waals surface area contributed by atoms with Crippen molar-refractivity contribution < 1.29 is 14.8 Å². The van der Waals surface area contributed by atoms with Crippen molar-refractivity contribution in [1.82, 2.24) is 5.48 Å². The molecule has 0 saturated heterocycles. The maximum Gasteiger partial charge on any atom is 0.252 e. The summed E-state index contributed by atoms with van der Waals surface area (Å²) in [4.78, 5) is 21.8. The average Bonchev–Trinajstić information content (AvgIpc) is 2.21. The first kappa shape index (κ1) is 11.0. The van der Waals surface area contributed by atoms with Crippen LogP contribution in [0.1, 0.15) is 6.42 Å². The number of nitrogen functional groups attached to an aromatic ring is 1. The molecular weight excluding hydrogens is 198 g/mol.